The van der Waals surface area contributed by atoms with E-state index in [0.717, 1.165) is 5.57 Å². The number of rotatable bonds is 3. The summed E-state index contributed by atoms with van der Waals surface area (Å²) >= 11 is 0. The van der Waals surface area contributed by atoms with E-state index in [2.05, 4.69) is 18.5 Å². The highest BCUT2D eigenvalue weighted by Crippen LogP contribution is 2.34. The van der Waals surface area contributed by atoms with Crippen molar-refractivity contribution < 1.29 is 9.59 Å². The molecule has 1 atom stereocenters. The zero-order valence-electron chi connectivity index (χ0n) is 12.0. The van der Waals surface area contributed by atoms with E-state index in [-0.39, 0.29) is 11.8 Å². The van der Waals surface area contributed by atoms with Crippen molar-refractivity contribution in [2.24, 2.45) is 0 Å². The van der Waals surface area contributed by atoms with E-state index in [1.807, 2.05) is 26.0 Å². The first-order valence-electron chi connectivity index (χ1n) is 6.73. The molecule has 0 aromatic heterocycles. The third kappa shape index (κ3) is 2.11. The molecule has 0 radical (unpaired) electrons. The lowest BCUT2D eigenvalue weighted by Crippen LogP contribution is -2.60. The van der Waals surface area contributed by atoms with Gasteiger partial charge in [0.1, 0.15) is 5.54 Å². The third-order valence-corrected chi connectivity index (χ3v) is 4.01. The van der Waals surface area contributed by atoms with Gasteiger partial charge in [0, 0.05) is 17.8 Å². The van der Waals surface area contributed by atoms with E-state index in [4.69, 9.17) is 0 Å². The van der Waals surface area contributed by atoms with Crippen LogP contribution in [0, 0.1) is 0 Å². The number of amides is 2. The fraction of sp³-hybridized carbons (Fsp3) is 0.375. The number of piperidine rings is 1. The third-order valence-electron chi connectivity index (χ3n) is 4.01. The topological polar surface area (TPSA) is 49.4 Å². The summed E-state index contributed by atoms with van der Waals surface area (Å²) in [6.45, 7) is 11.6. The molecule has 1 fully saturated rings. The SMILES string of the molecule is C=CC1=C(/C=C\C)CN(C2(C)CCC(=C)NC2=O)C1=O. The van der Waals surface area contributed by atoms with Crippen LogP contribution in [0.3, 0.4) is 0 Å². The number of nitrogens with zero attached hydrogens (tertiary/aromatic N) is 1. The van der Waals surface area contributed by atoms with E-state index in [9.17, 15) is 9.59 Å². The van der Waals surface area contributed by atoms with E-state index < -0.39 is 5.54 Å². The lowest BCUT2D eigenvalue weighted by atomic mass is 9.88. The minimum atomic E-state index is -0.824. The Balaban J connectivity index is 2.32. The Hall–Kier alpha value is -2.10. The molecule has 0 bridgehead atoms. The van der Waals surface area contributed by atoms with Gasteiger partial charge in [0.2, 0.25) is 5.91 Å². The highest BCUT2D eigenvalue weighted by atomic mass is 16.2. The average Bonchev–Trinajstić information content (AvgIpc) is 2.72. The highest BCUT2D eigenvalue weighted by molar-refractivity contribution is 6.04. The molecule has 0 spiro atoms. The summed E-state index contributed by atoms with van der Waals surface area (Å²) < 4.78 is 0. The zero-order valence-corrected chi connectivity index (χ0v) is 12.0. The van der Waals surface area contributed by atoms with Gasteiger partial charge >= 0.3 is 0 Å². The van der Waals surface area contributed by atoms with Crippen molar-refractivity contribution in [2.75, 3.05) is 6.54 Å². The van der Waals surface area contributed by atoms with Gasteiger partial charge < -0.3 is 10.2 Å². The standard InChI is InChI=1S/C16H20N2O2/c1-5-7-12-10-18(14(19)13(12)6-2)16(4)9-8-11(3)17-15(16)20/h5-7H,2-3,8-10H2,1,4H3,(H,17,20)/b7-5-. The van der Waals surface area contributed by atoms with Gasteiger partial charge in [-0.2, -0.15) is 0 Å². The Labute approximate surface area is 119 Å². The Bertz CT molecular complexity index is 557. The minimum Gasteiger partial charge on any atom is -0.328 e. The molecule has 2 aliphatic heterocycles. The summed E-state index contributed by atoms with van der Waals surface area (Å²) in [7, 11) is 0. The molecule has 0 aliphatic carbocycles. The van der Waals surface area contributed by atoms with Crippen molar-refractivity contribution in [3.05, 3.63) is 48.2 Å². The van der Waals surface area contributed by atoms with Crippen LogP contribution in [0.15, 0.2) is 48.2 Å². The zero-order chi connectivity index (χ0) is 14.9. The molecule has 20 heavy (non-hydrogen) atoms. The van der Waals surface area contributed by atoms with Crippen LogP contribution in [-0.2, 0) is 9.59 Å². The molecule has 2 amide bonds. The van der Waals surface area contributed by atoms with Crippen LogP contribution in [0.1, 0.15) is 26.7 Å². The highest BCUT2D eigenvalue weighted by Gasteiger charge is 2.47. The van der Waals surface area contributed by atoms with Crippen LogP contribution in [0.2, 0.25) is 0 Å². The van der Waals surface area contributed by atoms with Crippen LogP contribution in [0.5, 0.6) is 0 Å². The number of hydrogen-bond acceptors (Lipinski definition) is 2. The average molecular weight is 272 g/mol. The summed E-state index contributed by atoms with van der Waals surface area (Å²) in [5, 5.41) is 2.76. The Kier molecular flexibility index (Phi) is 3.66. The van der Waals surface area contributed by atoms with Gasteiger partial charge in [0.15, 0.2) is 0 Å². The minimum absolute atomic E-state index is 0.127. The fourth-order valence-corrected chi connectivity index (χ4v) is 2.69. The van der Waals surface area contributed by atoms with Gasteiger partial charge in [0.05, 0.1) is 0 Å². The molecule has 4 heteroatoms. The van der Waals surface area contributed by atoms with Crippen molar-refractivity contribution >= 4 is 11.8 Å². The maximum Gasteiger partial charge on any atom is 0.255 e. The van der Waals surface area contributed by atoms with E-state index in [1.54, 1.807) is 11.0 Å². The maximum atomic E-state index is 12.5. The van der Waals surface area contributed by atoms with Gasteiger partial charge in [-0.05, 0) is 32.3 Å². The second-order valence-corrected chi connectivity index (χ2v) is 5.37. The number of allylic oxidation sites excluding steroid dienone is 2. The molecule has 1 N–H and O–H groups in total. The van der Waals surface area contributed by atoms with Crippen LogP contribution < -0.4 is 5.32 Å². The Morgan fingerprint density at radius 1 is 1.40 bits per heavy atom. The molecule has 1 unspecified atom stereocenters. The molecule has 0 aromatic rings. The van der Waals surface area contributed by atoms with Crippen LogP contribution in [0.4, 0.5) is 0 Å². The molecular weight excluding hydrogens is 252 g/mol. The molecule has 106 valence electrons. The first kappa shape index (κ1) is 14.3. The van der Waals surface area contributed by atoms with E-state index in [1.165, 1.54) is 0 Å². The number of hydrogen-bond donors (Lipinski definition) is 1. The van der Waals surface area contributed by atoms with Crippen LogP contribution >= 0.6 is 0 Å². The van der Waals surface area contributed by atoms with E-state index in [0.29, 0.717) is 30.7 Å². The molecule has 2 heterocycles. The monoisotopic (exact) mass is 272 g/mol. The molecule has 2 aliphatic rings. The quantitative estimate of drug-likeness (QED) is 0.855. The fourth-order valence-electron chi connectivity index (χ4n) is 2.69. The molecule has 1 saturated heterocycles. The van der Waals surface area contributed by atoms with E-state index >= 15 is 0 Å². The normalized spacial score (nSPS) is 27.5. The predicted octanol–water partition coefficient (Wildman–Crippen LogP) is 2.07. The Morgan fingerprint density at radius 2 is 2.10 bits per heavy atom. The summed E-state index contributed by atoms with van der Waals surface area (Å²) in [4.78, 5) is 26.4. The summed E-state index contributed by atoms with van der Waals surface area (Å²) in [6.07, 6.45) is 6.64. The number of carbonyl (C=O) groups is 2. The van der Waals surface area contributed by atoms with Crippen molar-refractivity contribution in [3.8, 4) is 0 Å². The summed E-state index contributed by atoms with van der Waals surface area (Å²) in [5.41, 5.74) is 1.38. The smallest absolute Gasteiger partial charge is 0.255 e. The number of carbonyl (C=O) groups excluding carboxylic acids is 2. The first-order valence-corrected chi connectivity index (χ1v) is 6.73. The number of nitrogens with one attached hydrogen (secondary N) is 1. The van der Waals surface area contributed by atoms with Crippen molar-refractivity contribution in [3.63, 3.8) is 0 Å². The van der Waals surface area contributed by atoms with Crippen LogP contribution in [-0.4, -0.2) is 28.8 Å². The van der Waals surface area contributed by atoms with Gasteiger partial charge in [-0.15, -0.1) is 0 Å². The van der Waals surface area contributed by atoms with Gasteiger partial charge in [-0.1, -0.05) is 31.4 Å². The Morgan fingerprint density at radius 3 is 2.65 bits per heavy atom. The van der Waals surface area contributed by atoms with Crippen LogP contribution in [0.25, 0.3) is 0 Å². The van der Waals surface area contributed by atoms with Crippen molar-refractivity contribution in [2.45, 2.75) is 32.2 Å². The van der Waals surface area contributed by atoms with Crippen molar-refractivity contribution in [1.29, 1.82) is 0 Å². The van der Waals surface area contributed by atoms with Gasteiger partial charge in [0.25, 0.3) is 5.91 Å². The summed E-state index contributed by atoms with van der Waals surface area (Å²) in [6, 6.07) is 0. The molecule has 2 rings (SSSR count). The van der Waals surface area contributed by atoms with Gasteiger partial charge in [-0.3, -0.25) is 9.59 Å². The van der Waals surface area contributed by atoms with Crippen molar-refractivity contribution in [1.82, 2.24) is 10.2 Å². The molecule has 4 nitrogen and oxygen atoms in total. The maximum absolute atomic E-state index is 12.5. The molecule has 0 saturated carbocycles. The summed E-state index contributed by atoms with van der Waals surface area (Å²) in [5.74, 6) is -0.287. The predicted molar refractivity (Wildman–Crippen MR) is 78.7 cm³/mol. The molecular formula is C16H20N2O2. The lowest BCUT2D eigenvalue weighted by Gasteiger charge is -2.41. The lowest BCUT2D eigenvalue weighted by molar-refractivity contribution is -0.143. The second-order valence-electron chi connectivity index (χ2n) is 5.37. The second kappa shape index (κ2) is 5.12. The largest absolute Gasteiger partial charge is 0.328 e. The van der Waals surface area contributed by atoms with Gasteiger partial charge in [-0.25, -0.2) is 0 Å². The first-order chi connectivity index (χ1) is 9.43. The molecule has 0 aromatic carbocycles.